The molecule has 3 rings (SSSR count). The lowest BCUT2D eigenvalue weighted by molar-refractivity contribution is 0.710. The van der Waals surface area contributed by atoms with Crippen LogP contribution in [0.3, 0.4) is 0 Å². The van der Waals surface area contributed by atoms with Gasteiger partial charge >= 0.3 is 0 Å². The molecule has 24 heavy (non-hydrogen) atoms. The Morgan fingerprint density at radius 3 is 2.58 bits per heavy atom. The van der Waals surface area contributed by atoms with Crippen molar-refractivity contribution >= 4 is 18.4 Å². The maximum atomic E-state index is 12.6. The summed E-state index contributed by atoms with van der Waals surface area (Å²) in [5.41, 5.74) is 3.11. The third kappa shape index (κ3) is 3.72. The molecule has 0 saturated heterocycles. The van der Waals surface area contributed by atoms with Crippen molar-refractivity contribution in [2.75, 3.05) is 0 Å². The lowest BCUT2D eigenvalue weighted by Gasteiger charge is -2.03. The molecule has 0 aliphatic rings. The molecule has 0 unspecified atom stereocenters. The van der Waals surface area contributed by atoms with E-state index in [4.69, 9.17) is 12.2 Å². The summed E-state index contributed by atoms with van der Waals surface area (Å²) in [6, 6.07) is 17.5. The number of aryl methyl sites for hydroxylation is 1. The third-order valence-corrected chi connectivity index (χ3v) is 3.80. The predicted molar refractivity (Wildman–Crippen MR) is 97.1 cm³/mol. The lowest BCUT2D eigenvalue weighted by Crippen LogP contribution is -2.25. The van der Waals surface area contributed by atoms with Gasteiger partial charge in [0.25, 0.3) is 5.56 Å². The summed E-state index contributed by atoms with van der Waals surface area (Å²) in [5, 5.41) is 11.0. The van der Waals surface area contributed by atoms with Crippen LogP contribution in [-0.2, 0) is 6.42 Å². The number of benzene rings is 2. The highest BCUT2D eigenvalue weighted by Crippen LogP contribution is 2.03. The minimum absolute atomic E-state index is 0.167. The molecule has 2 aromatic carbocycles. The molecule has 3 aromatic rings. The highest BCUT2D eigenvalue weighted by atomic mass is 32.1. The lowest BCUT2D eigenvalue weighted by atomic mass is 10.1. The van der Waals surface area contributed by atoms with Crippen molar-refractivity contribution in [3.05, 3.63) is 92.1 Å². The van der Waals surface area contributed by atoms with E-state index in [9.17, 15) is 4.79 Å². The summed E-state index contributed by atoms with van der Waals surface area (Å²) in [5.74, 6) is 0. The summed E-state index contributed by atoms with van der Waals surface area (Å²) in [7, 11) is 0. The van der Waals surface area contributed by atoms with Crippen molar-refractivity contribution in [3.63, 3.8) is 0 Å². The van der Waals surface area contributed by atoms with Gasteiger partial charge in [-0.2, -0.15) is 14.9 Å². The average molecular weight is 336 g/mol. The van der Waals surface area contributed by atoms with Crippen LogP contribution < -0.4 is 5.56 Å². The molecule has 5 nitrogen and oxygen atoms in total. The zero-order chi connectivity index (χ0) is 16.9. The first kappa shape index (κ1) is 16.0. The molecule has 0 aliphatic carbocycles. The maximum Gasteiger partial charge on any atom is 0.297 e. The molecule has 0 aliphatic heterocycles. The van der Waals surface area contributed by atoms with Gasteiger partial charge in [-0.05, 0) is 30.3 Å². The number of nitrogens with zero attached hydrogens (tertiary/aromatic N) is 3. The van der Waals surface area contributed by atoms with Gasteiger partial charge in [0, 0.05) is 6.42 Å². The van der Waals surface area contributed by atoms with E-state index in [0.29, 0.717) is 12.1 Å². The van der Waals surface area contributed by atoms with Crippen LogP contribution >= 0.6 is 12.2 Å². The van der Waals surface area contributed by atoms with Gasteiger partial charge in [0.05, 0.1) is 6.21 Å². The number of H-pyrrole nitrogens is 1. The summed E-state index contributed by atoms with van der Waals surface area (Å²) in [6.07, 6.45) is 2.03. The maximum absolute atomic E-state index is 12.6. The molecule has 0 radical (unpaired) electrons. The third-order valence-electron chi connectivity index (χ3n) is 3.53. The predicted octanol–water partition coefficient (Wildman–Crippen LogP) is 3.08. The summed E-state index contributed by atoms with van der Waals surface area (Å²) < 4.78 is 1.33. The van der Waals surface area contributed by atoms with Gasteiger partial charge < -0.3 is 0 Å². The van der Waals surface area contributed by atoms with Crippen molar-refractivity contribution < 1.29 is 0 Å². The van der Waals surface area contributed by atoms with Gasteiger partial charge in [-0.15, -0.1) is 0 Å². The molecule has 1 heterocycles. The van der Waals surface area contributed by atoms with Crippen LogP contribution in [0, 0.1) is 11.7 Å². The fourth-order valence-corrected chi connectivity index (χ4v) is 2.39. The van der Waals surface area contributed by atoms with Crippen LogP contribution in [0.2, 0.25) is 0 Å². The van der Waals surface area contributed by atoms with Gasteiger partial charge in [0.2, 0.25) is 4.77 Å². The van der Waals surface area contributed by atoms with Gasteiger partial charge in [-0.25, -0.2) is 0 Å². The van der Waals surface area contributed by atoms with Crippen molar-refractivity contribution in [2.45, 2.75) is 13.3 Å². The first-order valence-electron chi connectivity index (χ1n) is 7.49. The molecular weight excluding hydrogens is 320 g/mol. The number of aromatic amines is 1. The van der Waals surface area contributed by atoms with Crippen LogP contribution in [0.4, 0.5) is 0 Å². The number of nitrogens with one attached hydrogen (secondary N) is 1. The Bertz CT molecular complexity index is 972. The topological polar surface area (TPSA) is 63.0 Å². The van der Waals surface area contributed by atoms with Gasteiger partial charge in [0.1, 0.15) is 5.69 Å². The van der Waals surface area contributed by atoms with E-state index >= 15 is 0 Å². The van der Waals surface area contributed by atoms with Crippen molar-refractivity contribution in [1.82, 2.24) is 14.9 Å². The summed E-state index contributed by atoms with van der Waals surface area (Å²) in [6.45, 7) is 2.01. The van der Waals surface area contributed by atoms with Crippen LogP contribution in [0.1, 0.15) is 22.4 Å². The molecule has 0 bridgehead atoms. The summed E-state index contributed by atoms with van der Waals surface area (Å²) in [4.78, 5) is 12.6. The van der Waals surface area contributed by atoms with Gasteiger partial charge in [-0.1, -0.05) is 60.2 Å². The number of hydrogen-bond acceptors (Lipinski definition) is 4. The van der Waals surface area contributed by atoms with Crippen LogP contribution in [0.15, 0.2) is 64.5 Å². The number of hydrogen-bond donors (Lipinski definition) is 1. The van der Waals surface area contributed by atoms with Crippen LogP contribution in [-0.4, -0.2) is 21.1 Å². The Kier molecular flexibility index (Phi) is 4.77. The Hall–Kier alpha value is -2.86. The zero-order valence-electron chi connectivity index (χ0n) is 13.1. The van der Waals surface area contributed by atoms with E-state index < -0.39 is 0 Å². The molecule has 0 amide bonds. The standard InChI is InChI=1S/C18H16N4OS/c1-13-7-9-15(10-8-13)12-19-22-17(23)16(20-21-18(22)24)11-14-5-3-2-4-6-14/h2-10,12H,11H2,1H3,(H,21,24)/b19-12+. The number of aromatic nitrogens is 3. The smallest absolute Gasteiger partial charge is 0.265 e. The Labute approximate surface area is 144 Å². The monoisotopic (exact) mass is 336 g/mol. The second-order valence-corrected chi connectivity index (χ2v) is 5.80. The van der Waals surface area contributed by atoms with Gasteiger partial charge in [0.15, 0.2) is 0 Å². The van der Waals surface area contributed by atoms with E-state index in [2.05, 4.69) is 15.3 Å². The number of rotatable bonds is 4. The molecule has 0 saturated carbocycles. The molecule has 6 heteroatoms. The normalized spacial score (nSPS) is 11.0. The van der Waals surface area contributed by atoms with E-state index in [1.807, 2.05) is 61.5 Å². The fraction of sp³-hybridized carbons (Fsp3) is 0.111. The Morgan fingerprint density at radius 1 is 1.17 bits per heavy atom. The second kappa shape index (κ2) is 7.14. The minimum Gasteiger partial charge on any atom is -0.265 e. The molecule has 1 N–H and O–H groups in total. The Morgan fingerprint density at radius 2 is 1.88 bits per heavy atom. The minimum atomic E-state index is -0.314. The van der Waals surface area contributed by atoms with Gasteiger partial charge in [-0.3, -0.25) is 9.89 Å². The van der Waals surface area contributed by atoms with E-state index in [1.54, 1.807) is 6.21 Å². The molecule has 0 spiro atoms. The molecule has 0 atom stereocenters. The summed E-state index contributed by atoms with van der Waals surface area (Å²) >= 11 is 5.13. The van der Waals surface area contributed by atoms with E-state index in [-0.39, 0.29) is 10.3 Å². The second-order valence-electron chi connectivity index (χ2n) is 5.41. The highest BCUT2D eigenvalue weighted by molar-refractivity contribution is 7.71. The van der Waals surface area contributed by atoms with Crippen molar-refractivity contribution in [2.24, 2.45) is 5.10 Å². The average Bonchev–Trinajstić information content (AvgIpc) is 2.60. The van der Waals surface area contributed by atoms with Crippen LogP contribution in [0.5, 0.6) is 0 Å². The fourth-order valence-electron chi connectivity index (χ4n) is 2.21. The zero-order valence-corrected chi connectivity index (χ0v) is 14.0. The van der Waals surface area contributed by atoms with Crippen LogP contribution in [0.25, 0.3) is 0 Å². The molecule has 120 valence electrons. The molecule has 0 fully saturated rings. The molecular formula is C18H16N4OS. The largest absolute Gasteiger partial charge is 0.297 e. The first-order chi connectivity index (χ1) is 11.6. The Balaban J connectivity index is 1.93. The first-order valence-corrected chi connectivity index (χ1v) is 7.90. The quantitative estimate of drug-likeness (QED) is 0.588. The SMILES string of the molecule is Cc1ccc(/C=N/n2c(=S)[nH]nc(Cc3ccccc3)c2=O)cc1. The van der Waals surface area contributed by atoms with Crippen molar-refractivity contribution in [1.29, 1.82) is 0 Å². The van der Waals surface area contributed by atoms with E-state index in [0.717, 1.165) is 16.7 Å². The van der Waals surface area contributed by atoms with E-state index in [1.165, 1.54) is 4.68 Å². The van der Waals surface area contributed by atoms with Crippen molar-refractivity contribution in [3.8, 4) is 0 Å². The highest BCUT2D eigenvalue weighted by Gasteiger charge is 2.07. The molecule has 1 aromatic heterocycles.